The highest BCUT2D eigenvalue weighted by Gasteiger charge is 2.24. The van der Waals surface area contributed by atoms with Gasteiger partial charge in [-0.05, 0) is 57.9 Å². The highest BCUT2D eigenvalue weighted by molar-refractivity contribution is 9.10. The van der Waals surface area contributed by atoms with E-state index in [1.165, 1.54) is 24.4 Å². The predicted molar refractivity (Wildman–Crippen MR) is 125 cm³/mol. The number of hydrogen-bond donors (Lipinski definition) is 0. The van der Waals surface area contributed by atoms with Crippen LogP contribution in [0.25, 0.3) is 11.3 Å². The maximum Gasteiger partial charge on any atom is 0.406 e. The summed E-state index contributed by atoms with van der Waals surface area (Å²) < 4.78 is 24.0. The number of rotatable bonds is 8. The molecule has 13 heteroatoms. The molecule has 4 aromatic rings. The molecular weight excluding hydrogens is 533 g/mol. The highest BCUT2D eigenvalue weighted by Crippen LogP contribution is 2.36. The molecule has 0 amide bonds. The van der Waals surface area contributed by atoms with Crippen LogP contribution in [0.4, 0.5) is 10.2 Å². The quantitative estimate of drug-likeness (QED) is 0.219. The van der Waals surface area contributed by atoms with Crippen LogP contribution < -0.4 is 4.74 Å². The lowest BCUT2D eigenvalue weighted by Gasteiger charge is -2.19. The Hall–Kier alpha value is -3.38. The number of nitrogens with zero attached hydrogens (tertiary/aromatic N) is 7. The first-order valence-electron chi connectivity index (χ1n) is 10.1. The molecule has 0 fully saturated rings. The van der Waals surface area contributed by atoms with Crippen LogP contribution in [0.1, 0.15) is 31.2 Å². The second kappa shape index (κ2) is 9.85. The highest BCUT2D eigenvalue weighted by atomic mass is 79.9. The summed E-state index contributed by atoms with van der Waals surface area (Å²) in [5.74, 6) is -0.982. The number of nitro groups is 1. The van der Waals surface area contributed by atoms with Gasteiger partial charge in [-0.2, -0.15) is 5.10 Å². The summed E-state index contributed by atoms with van der Waals surface area (Å²) in [7, 11) is 0. The largest absolute Gasteiger partial charge is 0.478 e. The molecule has 0 radical (unpaired) electrons. The summed E-state index contributed by atoms with van der Waals surface area (Å²) in [6.45, 7) is 4.58. The van der Waals surface area contributed by atoms with Gasteiger partial charge in [-0.1, -0.05) is 16.8 Å². The van der Waals surface area contributed by atoms with Crippen LogP contribution in [0.15, 0.2) is 47.2 Å². The predicted octanol–water partition coefficient (Wildman–Crippen LogP) is 5.21. The molecule has 10 nitrogen and oxygen atoms in total. The molecule has 0 bridgehead atoms. The van der Waals surface area contributed by atoms with E-state index in [4.69, 9.17) is 16.3 Å². The molecule has 0 spiro atoms. The van der Waals surface area contributed by atoms with Crippen molar-refractivity contribution in [2.75, 3.05) is 0 Å². The van der Waals surface area contributed by atoms with Crippen LogP contribution in [0.3, 0.4) is 0 Å². The van der Waals surface area contributed by atoms with Crippen molar-refractivity contribution in [3.8, 4) is 17.0 Å². The SMILES string of the molecule is CCn1cc(Cn2nc(Cl)cc2-c2ccc(F)cc2[C@@H](C)Oc2cc(Br)cnc2[N+](=O)[O-])nn1. The molecule has 1 aromatic carbocycles. The summed E-state index contributed by atoms with van der Waals surface area (Å²) in [6, 6.07) is 7.31. The number of hydrogen-bond acceptors (Lipinski definition) is 7. The summed E-state index contributed by atoms with van der Waals surface area (Å²) in [5, 5.41) is 24.1. The van der Waals surface area contributed by atoms with E-state index in [9.17, 15) is 14.5 Å². The summed E-state index contributed by atoms with van der Waals surface area (Å²) in [6.07, 6.45) is 2.33. The van der Waals surface area contributed by atoms with Gasteiger partial charge in [0.15, 0.2) is 11.3 Å². The summed E-state index contributed by atoms with van der Waals surface area (Å²) in [4.78, 5) is 14.6. The lowest BCUT2D eigenvalue weighted by Crippen LogP contribution is -2.10. The molecule has 4 rings (SSSR count). The van der Waals surface area contributed by atoms with E-state index < -0.39 is 22.7 Å². The Balaban J connectivity index is 1.73. The lowest BCUT2D eigenvalue weighted by atomic mass is 10.00. The van der Waals surface area contributed by atoms with E-state index in [1.807, 2.05) is 6.92 Å². The molecule has 0 aliphatic rings. The molecule has 176 valence electrons. The molecule has 0 saturated heterocycles. The fourth-order valence-corrected chi connectivity index (χ4v) is 3.94. The van der Waals surface area contributed by atoms with Crippen LogP contribution in [0.2, 0.25) is 5.15 Å². The molecular formula is C21H18BrClFN7O3. The van der Waals surface area contributed by atoms with Gasteiger partial charge in [0.1, 0.15) is 17.6 Å². The molecule has 34 heavy (non-hydrogen) atoms. The second-order valence-electron chi connectivity index (χ2n) is 7.30. The van der Waals surface area contributed by atoms with Crippen molar-refractivity contribution >= 4 is 33.3 Å². The van der Waals surface area contributed by atoms with Gasteiger partial charge in [-0.25, -0.2) is 4.39 Å². The van der Waals surface area contributed by atoms with Gasteiger partial charge in [-0.3, -0.25) is 9.36 Å². The Kier molecular flexibility index (Phi) is 6.89. The maximum absolute atomic E-state index is 14.3. The van der Waals surface area contributed by atoms with Crippen LogP contribution in [-0.4, -0.2) is 34.7 Å². The third-order valence-corrected chi connectivity index (χ3v) is 5.59. The Labute approximate surface area is 206 Å². The van der Waals surface area contributed by atoms with Crippen molar-refractivity contribution in [3.05, 3.63) is 79.5 Å². The van der Waals surface area contributed by atoms with Crippen molar-refractivity contribution < 1.29 is 14.1 Å². The van der Waals surface area contributed by atoms with Crippen LogP contribution in [0.5, 0.6) is 5.75 Å². The standard InChI is InChI=1S/C21H18BrClFN7O3/c1-3-29-10-15(26-28-29)11-30-18(8-20(23)27-30)16-5-4-14(24)7-17(16)12(2)34-19-6-13(22)9-25-21(19)31(32)33/h4-10,12H,3,11H2,1-2H3/t12-/m1/s1. The van der Waals surface area contributed by atoms with E-state index >= 15 is 0 Å². The fraction of sp³-hybridized carbons (Fsp3) is 0.238. The average molecular weight is 551 g/mol. The van der Waals surface area contributed by atoms with Crippen molar-refractivity contribution in [1.29, 1.82) is 0 Å². The van der Waals surface area contributed by atoms with E-state index in [2.05, 4.69) is 36.3 Å². The minimum Gasteiger partial charge on any atom is -0.478 e. The van der Waals surface area contributed by atoms with E-state index in [1.54, 1.807) is 34.6 Å². The number of benzene rings is 1. The normalized spacial score (nSPS) is 12.0. The van der Waals surface area contributed by atoms with Crippen molar-refractivity contribution in [2.45, 2.75) is 33.0 Å². The van der Waals surface area contributed by atoms with E-state index in [-0.39, 0.29) is 17.4 Å². The minimum absolute atomic E-state index is 0.0511. The van der Waals surface area contributed by atoms with E-state index in [0.29, 0.717) is 33.5 Å². The Bertz CT molecular complexity index is 1360. The molecule has 0 unspecified atom stereocenters. The molecule has 0 aliphatic heterocycles. The van der Waals surface area contributed by atoms with Crippen molar-refractivity contribution in [3.63, 3.8) is 0 Å². The molecule has 3 aromatic heterocycles. The third-order valence-electron chi connectivity index (χ3n) is 4.98. The number of aryl methyl sites for hydroxylation is 1. The number of aromatic nitrogens is 6. The molecule has 0 aliphatic carbocycles. The van der Waals surface area contributed by atoms with Gasteiger partial charge in [0, 0.05) is 29.8 Å². The Morgan fingerprint density at radius 2 is 2.12 bits per heavy atom. The number of halogens is 3. The number of ether oxygens (including phenoxy) is 1. The first-order valence-corrected chi connectivity index (χ1v) is 11.3. The Morgan fingerprint density at radius 1 is 1.32 bits per heavy atom. The zero-order valence-corrected chi connectivity index (χ0v) is 20.4. The second-order valence-corrected chi connectivity index (χ2v) is 8.60. The third kappa shape index (κ3) is 5.07. The van der Waals surface area contributed by atoms with Crippen LogP contribution >= 0.6 is 27.5 Å². The summed E-state index contributed by atoms with van der Waals surface area (Å²) >= 11 is 9.45. The molecule has 1 atom stereocenters. The van der Waals surface area contributed by atoms with Crippen LogP contribution in [-0.2, 0) is 13.1 Å². The van der Waals surface area contributed by atoms with Gasteiger partial charge >= 0.3 is 5.82 Å². The molecule has 0 N–H and O–H groups in total. The van der Waals surface area contributed by atoms with Gasteiger partial charge in [0.25, 0.3) is 0 Å². The minimum atomic E-state index is -0.774. The van der Waals surface area contributed by atoms with Crippen LogP contribution in [0, 0.1) is 15.9 Å². The molecule has 3 heterocycles. The van der Waals surface area contributed by atoms with Gasteiger partial charge in [-0.15, -0.1) is 5.10 Å². The Morgan fingerprint density at radius 3 is 2.82 bits per heavy atom. The summed E-state index contributed by atoms with van der Waals surface area (Å²) in [5.41, 5.74) is 2.32. The van der Waals surface area contributed by atoms with Gasteiger partial charge in [0.05, 0.1) is 22.9 Å². The zero-order chi connectivity index (χ0) is 24.4. The average Bonchev–Trinajstić information content (AvgIpc) is 3.39. The maximum atomic E-state index is 14.3. The zero-order valence-electron chi connectivity index (χ0n) is 18.0. The van der Waals surface area contributed by atoms with Crippen molar-refractivity contribution in [2.24, 2.45) is 0 Å². The molecule has 0 saturated carbocycles. The first kappa shape index (κ1) is 23.8. The smallest absolute Gasteiger partial charge is 0.406 e. The monoisotopic (exact) mass is 549 g/mol. The van der Waals surface area contributed by atoms with Crippen molar-refractivity contribution in [1.82, 2.24) is 29.8 Å². The van der Waals surface area contributed by atoms with Gasteiger partial charge in [0.2, 0.25) is 5.75 Å². The first-order chi connectivity index (χ1) is 16.2. The van der Waals surface area contributed by atoms with Gasteiger partial charge < -0.3 is 14.9 Å². The topological polar surface area (TPSA) is 114 Å². The fourth-order valence-electron chi connectivity index (χ4n) is 3.44. The lowest BCUT2D eigenvalue weighted by molar-refractivity contribution is -0.390. The number of pyridine rings is 1. The van der Waals surface area contributed by atoms with E-state index in [0.717, 1.165) is 0 Å².